The molecule has 0 saturated heterocycles. The molecule has 0 atom stereocenters. The Morgan fingerprint density at radius 1 is 1.13 bits per heavy atom. The van der Waals surface area contributed by atoms with Crippen LogP contribution in [-0.2, 0) is 0 Å². The predicted molar refractivity (Wildman–Crippen MR) is 91.6 cm³/mol. The number of ether oxygens (including phenoxy) is 2. The molecule has 0 aliphatic carbocycles. The fraction of sp³-hybridized carbons (Fsp3) is 0.111. The Labute approximate surface area is 143 Å². The van der Waals surface area contributed by atoms with Crippen LogP contribution in [-0.4, -0.2) is 20.0 Å². The van der Waals surface area contributed by atoms with Gasteiger partial charge in [-0.1, -0.05) is 15.9 Å². The number of hydrogen-bond acceptors (Lipinski definition) is 4. The number of rotatable bonds is 5. The van der Waals surface area contributed by atoms with Crippen molar-refractivity contribution in [2.45, 2.75) is 0 Å². The fourth-order valence-corrected chi connectivity index (χ4v) is 2.40. The predicted octanol–water partition coefficient (Wildman–Crippen LogP) is 4.26. The van der Waals surface area contributed by atoms with Gasteiger partial charge >= 0.3 is 0 Å². The van der Waals surface area contributed by atoms with E-state index < -0.39 is 0 Å². The molecule has 2 aromatic rings. The van der Waals surface area contributed by atoms with E-state index in [0.717, 1.165) is 4.47 Å². The first-order valence-electron chi connectivity index (χ1n) is 6.73. The first-order chi connectivity index (χ1) is 11.1. The van der Waals surface area contributed by atoms with Gasteiger partial charge in [-0.25, -0.2) is 0 Å². The van der Waals surface area contributed by atoms with Crippen molar-refractivity contribution >= 4 is 27.8 Å². The average molecular weight is 372 g/mol. The molecule has 23 heavy (non-hydrogen) atoms. The van der Waals surface area contributed by atoms with Gasteiger partial charge in [-0.3, -0.25) is 4.79 Å². The molecule has 4 nitrogen and oxygen atoms in total. The number of Topliss-reactive ketones (excluding diaryl/α,β-unsaturated/α-hetero) is 1. The van der Waals surface area contributed by atoms with Crippen LogP contribution >= 0.6 is 15.9 Å². The van der Waals surface area contributed by atoms with Crippen LogP contribution in [0.15, 0.2) is 52.5 Å². The summed E-state index contributed by atoms with van der Waals surface area (Å²) in [4.78, 5) is 12.5. The monoisotopic (exact) mass is 371 g/mol. The molecule has 116 valence electrons. The highest BCUT2D eigenvalue weighted by Gasteiger charge is 2.13. The topological polar surface area (TPSA) is 59.3 Å². The number of carbonyl (C=O) groups is 1. The Balaban J connectivity index is 2.40. The van der Waals surface area contributed by atoms with E-state index in [2.05, 4.69) is 15.9 Å². The Bertz CT molecular complexity index is 789. The van der Waals surface area contributed by atoms with E-state index in [1.165, 1.54) is 13.2 Å². The molecule has 0 unspecified atom stereocenters. The van der Waals surface area contributed by atoms with Gasteiger partial charge in [-0.15, -0.1) is 0 Å². The number of nitrogens with zero attached hydrogens (tertiary/aromatic N) is 1. The molecule has 0 spiro atoms. The fourth-order valence-electron chi connectivity index (χ4n) is 2.02. The number of allylic oxidation sites excluding steroid dienone is 1. The minimum absolute atomic E-state index is 0.0339. The summed E-state index contributed by atoms with van der Waals surface area (Å²) in [6.45, 7) is 0. The zero-order valence-electron chi connectivity index (χ0n) is 12.7. The number of ketones is 1. The van der Waals surface area contributed by atoms with Crippen LogP contribution < -0.4 is 9.47 Å². The highest BCUT2D eigenvalue weighted by molar-refractivity contribution is 9.10. The summed E-state index contributed by atoms with van der Waals surface area (Å²) in [6, 6.07) is 14.0. The number of methoxy groups -OCH3 is 2. The smallest absolute Gasteiger partial charge is 0.203 e. The Hall–Kier alpha value is -2.58. The van der Waals surface area contributed by atoms with Gasteiger partial charge in [-0.2, -0.15) is 5.26 Å². The van der Waals surface area contributed by atoms with Gasteiger partial charge in [0.05, 0.1) is 14.2 Å². The first-order valence-corrected chi connectivity index (χ1v) is 7.52. The van der Waals surface area contributed by atoms with Crippen LogP contribution in [0.5, 0.6) is 11.5 Å². The third kappa shape index (κ3) is 3.99. The lowest BCUT2D eigenvalue weighted by atomic mass is 10.0. The molecule has 5 heteroatoms. The van der Waals surface area contributed by atoms with Crippen molar-refractivity contribution in [3.05, 3.63) is 63.6 Å². The normalized spacial score (nSPS) is 10.8. The first kappa shape index (κ1) is 16.8. The van der Waals surface area contributed by atoms with E-state index in [4.69, 9.17) is 9.47 Å². The minimum atomic E-state index is -0.350. The van der Waals surface area contributed by atoms with Crippen LogP contribution in [0.3, 0.4) is 0 Å². The van der Waals surface area contributed by atoms with Crippen LogP contribution in [0, 0.1) is 11.3 Å². The van der Waals surface area contributed by atoms with Crippen molar-refractivity contribution in [2.75, 3.05) is 14.2 Å². The largest absolute Gasteiger partial charge is 0.497 e. The van der Waals surface area contributed by atoms with Crippen LogP contribution in [0.2, 0.25) is 0 Å². The second-order valence-corrected chi connectivity index (χ2v) is 5.53. The summed E-state index contributed by atoms with van der Waals surface area (Å²) in [5, 5.41) is 9.34. The van der Waals surface area contributed by atoms with Crippen molar-refractivity contribution in [1.82, 2.24) is 0 Å². The maximum atomic E-state index is 12.5. The van der Waals surface area contributed by atoms with Crippen molar-refractivity contribution in [3.63, 3.8) is 0 Å². The number of nitriles is 1. The Morgan fingerprint density at radius 3 is 2.39 bits per heavy atom. The number of benzene rings is 2. The van der Waals surface area contributed by atoms with Crippen LogP contribution in [0.4, 0.5) is 0 Å². The average Bonchev–Trinajstić information content (AvgIpc) is 2.59. The van der Waals surface area contributed by atoms with Gasteiger partial charge in [0.1, 0.15) is 23.1 Å². The van der Waals surface area contributed by atoms with Gasteiger partial charge in [-0.05, 0) is 48.5 Å². The minimum Gasteiger partial charge on any atom is -0.497 e. The molecule has 0 N–H and O–H groups in total. The summed E-state index contributed by atoms with van der Waals surface area (Å²) in [5.41, 5.74) is 1.11. The zero-order chi connectivity index (χ0) is 16.8. The number of halogens is 1. The van der Waals surface area contributed by atoms with E-state index in [-0.39, 0.29) is 11.4 Å². The van der Waals surface area contributed by atoms with E-state index in [9.17, 15) is 10.1 Å². The molecular formula is C18H14BrNO3. The van der Waals surface area contributed by atoms with Gasteiger partial charge in [0.2, 0.25) is 5.78 Å². The molecule has 0 saturated carbocycles. The Kier molecular flexibility index (Phi) is 5.56. The maximum Gasteiger partial charge on any atom is 0.203 e. The SMILES string of the molecule is COc1ccc(C(=O)/C(C#N)=C/c2cc(Br)ccc2OC)cc1. The van der Waals surface area contributed by atoms with Gasteiger partial charge in [0, 0.05) is 15.6 Å². The van der Waals surface area contributed by atoms with Crippen molar-refractivity contribution < 1.29 is 14.3 Å². The molecule has 0 bridgehead atoms. The second kappa shape index (κ2) is 7.61. The molecule has 0 aliphatic rings. The molecule has 0 amide bonds. The molecule has 0 heterocycles. The van der Waals surface area contributed by atoms with Crippen molar-refractivity contribution in [2.24, 2.45) is 0 Å². The molecule has 2 rings (SSSR count). The van der Waals surface area contributed by atoms with E-state index in [0.29, 0.717) is 22.6 Å². The van der Waals surface area contributed by atoms with Crippen LogP contribution in [0.25, 0.3) is 6.08 Å². The third-order valence-corrected chi connectivity index (χ3v) is 3.70. The van der Waals surface area contributed by atoms with Crippen molar-refractivity contribution in [3.8, 4) is 17.6 Å². The number of hydrogen-bond donors (Lipinski definition) is 0. The van der Waals surface area contributed by atoms with E-state index >= 15 is 0 Å². The molecule has 0 fully saturated rings. The van der Waals surface area contributed by atoms with Gasteiger partial charge in [0.15, 0.2) is 0 Å². The van der Waals surface area contributed by atoms with Gasteiger partial charge < -0.3 is 9.47 Å². The Morgan fingerprint density at radius 2 is 1.83 bits per heavy atom. The quantitative estimate of drug-likeness (QED) is 0.447. The van der Waals surface area contributed by atoms with E-state index in [1.54, 1.807) is 43.5 Å². The summed E-state index contributed by atoms with van der Waals surface area (Å²) < 4.78 is 11.2. The maximum absolute atomic E-state index is 12.5. The molecule has 0 aliphatic heterocycles. The highest BCUT2D eigenvalue weighted by atomic mass is 79.9. The van der Waals surface area contributed by atoms with Crippen LogP contribution in [0.1, 0.15) is 15.9 Å². The van der Waals surface area contributed by atoms with Crippen molar-refractivity contribution in [1.29, 1.82) is 5.26 Å². The summed E-state index contributed by atoms with van der Waals surface area (Å²) in [6.07, 6.45) is 1.52. The summed E-state index contributed by atoms with van der Waals surface area (Å²) >= 11 is 3.37. The summed E-state index contributed by atoms with van der Waals surface area (Å²) in [7, 11) is 3.09. The molecule has 0 radical (unpaired) electrons. The lowest BCUT2D eigenvalue weighted by molar-refractivity contribution is 0.104. The third-order valence-electron chi connectivity index (χ3n) is 3.21. The standard InChI is InChI=1S/C18H14BrNO3/c1-22-16-6-3-12(4-7-16)18(21)14(11-20)9-13-10-15(19)5-8-17(13)23-2/h3-10H,1-2H3/b14-9+. The lowest BCUT2D eigenvalue weighted by Crippen LogP contribution is -2.02. The zero-order valence-corrected chi connectivity index (χ0v) is 14.3. The van der Waals surface area contributed by atoms with E-state index in [1.807, 2.05) is 12.1 Å². The molecular weight excluding hydrogens is 358 g/mol. The summed E-state index contributed by atoms with van der Waals surface area (Å²) in [5.74, 6) is 0.887. The molecule has 2 aromatic carbocycles. The second-order valence-electron chi connectivity index (χ2n) is 4.61. The highest BCUT2D eigenvalue weighted by Crippen LogP contribution is 2.26. The molecule has 0 aromatic heterocycles. The number of carbonyl (C=O) groups excluding carboxylic acids is 1. The van der Waals surface area contributed by atoms with Gasteiger partial charge in [0.25, 0.3) is 0 Å². The lowest BCUT2D eigenvalue weighted by Gasteiger charge is -2.06.